The van der Waals surface area contributed by atoms with Crippen LogP contribution < -0.4 is 0 Å². The molecule has 0 amide bonds. The van der Waals surface area contributed by atoms with Crippen molar-refractivity contribution in [2.75, 3.05) is 0 Å². The van der Waals surface area contributed by atoms with Crippen molar-refractivity contribution >= 4 is 28.6 Å². The van der Waals surface area contributed by atoms with Crippen LogP contribution in [0.5, 0.6) is 0 Å². The monoisotopic (exact) mass is 288 g/mol. The minimum absolute atomic E-state index is 0.144. The van der Waals surface area contributed by atoms with Crippen LogP contribution in [0.15, 0.2) is 11.6 Å². The van der Waals surface area contributed by atoms with E-state index in [0.29, 0.717) is 5.57 Å². The van der Waals surface area contributed by atoms with E-state index in [4.69, 9.17) is 8.85 Å². The SMILES string of the molecule is CC(=CC(=O)O[Si](C)(C)C)CC(=O)O[Si](C)(C)C. The van der Waals surface area contributed by atoms with Crippen LogP contribution in [0.2, 0.25) is 39.3 Å². The number of carbonyl (C=O) groups excluding carboxylic acids is 2. The van der Waals surface area contributed by atoms with Gasteiger partial charge in [-0.15, -0.1) is 0 Å². The molecule has 0 unspecified atom stereocenters. The molecule has 0 radical (unpaired) electrons. The minimum Gasteiger partial charge on any atom is -0.520 e. The smallest absolute Gasteiger partial charge is 0.317 e. The Morgan fingerprint density at radius 3 is 1.78 bits per heavy atom. The van der Waals surface area contributed by atoms with Gasteiger partial charge in [0.25, 0.3) is 5.97 Å². The van der Waals surface area contributed by atoms with Crippen LogP contribution >= 0.6 is 0 Å². The molecule has 0 atom stereocenters. The fourth-order valence-electron chi connectivity index (χ4n) is 1.19. The van der Waals surface area contributed by atoms with Gasteiger partial charge in [0.2, 0.25) is 16.6 Å². The first kappa shape index (κ1) is 17.1. The van der Waals surface area contributed by atoms with Crippen molar-refractivity contribution in [3.63, 3.8) is 0 Å². The third-order valence-corrected chi connectivity index (χ3v) is 3.27. The summed E-state index contributed by atoms with van der Waals surface area (Å²) in [5.41, 5.74) is 0.668. The van der Waals surface area contributed by atoms with E-state index in [-0.39, 0.29) is 18.4 Å². The Balaban J connectivity index is 4.36. The van der Waals surface area contributed by atoms with E-state index in [2.05, 4.69) is 0 Å². The lowest BCUT2D eigenvalue weighted by Gasteiger charge is -2.18. The zero-order valence-electron chi connectivity index (χ0n) is 12.4. The zero-order valence-corrected chi connectivity index (χ0v) is 14.4. The standard InChI is InChI=1S/C12H24O4Si2/c1-10(8-11(13)15-17(2,3)4)9-12(14)16-18(5,6)7/h8H,9H2,1-7H3. The average Bonchev–Trinajstić information content (AvgIpc) is 1.92. The maximum Gasteiger partial charge on any atom is 0.317 e. The second kappa shape index (κ2) is 6.33. The van der Waals surface area contributed by atoms with E-state index in [1.54, 1.807) is 6.92 Å². The summed E-state index contributed by atoms with van der Waals surface area (Å²) in [6.45, 7) is 13.4. The first-order chi connectivity index (χ1) is 7.89. The molecule has 0 aromatic heterocycles. The van der Waals surface area contributed by atoms with Crippen molar-refractivity contribution in [2.24, 2.45) is 0 Å². The van der Waals surface area contributed by atoms with Crippen LogP contribution in [0.1, 0.15) is 13.3 Å². The summed E-state index contributed by atoms with van der Waals surface area (Å²) in [6, 6.07) is 0. The normalized spacial score (nSPS) is 13.2. The molecule has 0 aliphatic carbocycles. The van der Waals surface area contributed by atoms with Gasteiger partial charge in [-0.05, 0) is 46.2 Å². The van der Waals surface area contributed by atoms with Crippen LogP contribution in [-0.2, 0) is 18.4 Å². The van der Waals surface area contributed by atoms with E-state index < -0.39 is 16.6 Å². The Hall–Kier alpha value is -0.886. The summed E-state index contributed by atoms with van der Waals surface area (Å²) in [7, 11) is -3.72. The van der Waals surface area contributed by atoms with Gasteiger partial charge in [-0.3, -0.25) is 4.79 Å². The van der Waals surface area contributed by atoms with Gasteiger partial charge in [0, 0.05) is 6.08 Å². The molecule has 0 aliphatic heterocycles. The van der Waals surface area contributed by atoms with E-state index in [9.17, 15) is 9.59 Å². The second-order valence-corrected chi connectivity index (χ2v) is 15.1. The largest absolute Gasteiger partial charge is 0.520 e. The number of rotatable bonds is 5. The molecule has 0 saturated carbocycles. The fraction of sp³-hybridized carbons (Fsp3) is 0.667. The first-order valence-corrected chi connectivity index (χ1v) is 12.8. The van der Waals surface area contributed by atoms with Crippen molar-refractivity contribution in [3.05, 3.63) is 11.6 Å². The Labute approximate surface area is 112 Å². The van der Waals surface area contributed by atoms with Crippen molar-refractivity contribution in [3.8, 4) is 0 Å². The molecular formula is C12H24O4Si2. The molecular weight excluding hydrogens is 264 g/mol. The fourth-order valence-corrected chi connectivity index (χ4v) is 2.61. The lowest BCUT2D eigenvalue weighted by atomic mass is 10.2. The molecule has 104 valence electrons. The molecule has 0 bridgehead atoms. The first-order valence-electron chi connectivity index (χ1n) is 6.01. The van der Waals surface area contributed by atoms with E-state index >= 15 is 0 Å². The van der Waals surface area contributed by atoms with Crippen molar-refractivity contribution < 1.29 is 18.4 Å². The highest BCUT2D eigenvalue weighted by molar-refractivity contribution is 6.71. The van der Waals surface area contributed by atoms with Gasteiger partial charge in [-0.2, -0.15) is 0 Å². The van der Waals surface area contributed by atoms with Gasteiger partial charge < -0.3 is 8.85 Å². The molecule has 6 heteroatoms. The molecule has 0 aliphatic rings. The second-order valence-electron chi connectivity index (χ2n) is 6.29. The summed E-state index contributed by atoms with van der Waals surface area (Å²) in [5, 5.41) is 0. The quantitative estimate of drug-likeness (QED) is 0.576. The van der Waals surface area contributed by atoms with Crippen LogP contribution in [0, 0.1) is 0 Å². The highest BCUT2D eigenvalue weighted by Gasteiger charge is 2.21. The van der Waals surface area contributed by atoms with Gasteiger partial charge in [0.1, 0.15) is 0 Å². The van der Waals surface area contributed by atoms with Crippen LogP contribution in [0.25, 0.3) is 0 Å². The zero-order chi connectivity index (χ0) is 14.6. The van der Waals surface area contributed by atoms with E-state index in [1.807, 2.05) is 39.3 Å². The molecule has 0 aromatic carbocycles. The van der Waals surface area contributed by atoms with Crippen LogP contribution in [-0.4, -0.2) is 28.6 Å². The third kappa shape index (κ3) is 10.3. The molecule has 0 aromatic rings. The molecule has 0 spiro atoms. The summed E-state index contributed by atoms with van der Waals surface area (Å²) < 4.78 is 10.6. The van der Waals surface area contributed by atoms with Crippen molar-refractivity contribution in [1.82, 2.24) is 0 Å². The Kier molecular flexibility index (Phi) is 6.02. The van der Waals surface area contributed by atoms with Gasteiger partial charge >= 0.3 is 5.97 Å². The summed E-state index contributed by atoms with van der Waals surface area (Å²) >= 11 is 0. The highest BCUT2D eigenvalue weighted by atomic mass is 28.4. The van der Waals surface area contributed by atoms with E-state index in [1.165, 1.54) is 6.08 Å². The van der Waals surface area contributed by atoms with E-state index in [0.717, 1.165) is 0 Å². The lowest BCUT2D eigenvalue weighted by Crippen LogP contribution is -2.29. The Bertz CT molecular complexity index is 348. The molecule has 0 rings (SSSR count). The van der Waals surface area contributed by atoms with Gasteiger partial charge in [0.15, 0.2) is 0 Å². The lowest BCUT2D eigenvalue weighted by molar-refractivity contribution is -0.134. The third-order valence-electron chi connectivity index (χ3n) is 1.61. The number of hydrogen-bond acceptors (Lipinski definition) is 4. The predicted molar refractivity (Wildman–Crippen MR) is 77.3 cm³/mol. The van der Waals surface area contributed by atoms with Gasteiger partial charge in [0.05, 0.1) is 6.42 Å². The maximum absolute atomic E-state index is 11.6. The van der Waals surface area contributed by atoms with Gasteiger partial charge in [-0.25, -0.2) is 4.79 Å². The summed E-state index contributed by atoms with van der Waals surface area (Å²) in [6.07, 6.45) is 1.52. The molecule has 4 nitrogen and oxygen atoms in total. The minimum atomic E-state index is -1.87. The Morgan fingerprint density at radius 2 is 1.39 bits per heavy atom. The average molecular weight is 288 g/mol. The summed E-state index contributed by atoms with van der Waals surface area (Å²) in [5.74, 6) is -0.642. The molecule has 0 heterocycles. The van der Waals surface area contributed by atoms with Crippen molar-refractivity contribution in [2.45, 2.75) is 52.6 Å². The maximum atomic E-state index is 11.6. The predicted octanol–water partition coefficient (Wildman–Crippen LogP) is 3.08. The highest BCUT2D eigenvalue weighted by Crippen LogP contribution is 2.10. The van der Waals surface area contributed by atoms with Crippen LogP contribution in [0.3, 0.4) is 0 Å². The molecule has 18 heavy (non-hydrogen) atoms. The number of hydrogen-bond donors (Lipinski definition) is 0. The number of carbonyl (C=O) groups is 2. The Morgan fingerprint density at radius 1 is 0.944 bits per heavy atom. The van der Waals surface area contributed by atoms with Crippen molar-refractivity contribution in [1.29, 1.82) is 0 Å². The summed E-state index contributed by atoms with van der Waals surface area (Å²) in [4.78, 5) is 23.1. The molecule has 0 fully saturated rings. The van der Waals surface area contributed by atoms with Crippen LogP contribution in [0.4, 0.5) is 0 Å². The molecule has 0 saturated heterocycles. The topological polar surface area (TPSA) is 52.6 Å². The molecule has 0 N–H and O–H groups in total. The van der Waals surface area contributed by atoms with Gasteiger partial charge in [-0.1, -0.05) is 5.57 Å².